The van der Waals surface area contributed by atoms with E-state index in [2.05, 4.69) is 22.1 Å². The molecule has 1 amide bonds. The summed E-state index contributed by atoms with van der Waals surface area (Å²) in [7, 11) is 0. The SMILES string of the molecule is C=C(C)C(=O)NC1=NN(c2ccccc2)C(C=O)C1=Cc1c(C)[nH]n(-c2ccccc2)c1=O. The molecular weight excluding hydrogens is 418 g/mol. The molecular formula is C25H23N5O3. The predicted octanol–water partition coefficient (Wildman–Crippen LogP) is 2.95. The van der Waals surface area contributed by atoms with Crippen LogP contribution in [0, 0.1) is 6.92 Å². The topological polar surface area (TPSA) is 99.6 Å². The number of aryl methyl sites for hydroxylation is 1. The van der Waals surface area contributed by atoms with Crippen molar-refractivity contribution in [3.05, 3.63) is 100.0 Å². The Kier molecular flexibility index (Phi) is 5.91. The molecule has 3 aromatic rings. The minimum absolute atomic E-state index is 0.190. The lowest BCUT2D eigenvalue weighted by atomic mass is 10.0. The highest BCUT2D eigenvalue weighted by Crippen LogP contribution is 2.28. The van der Waals surface area contributed by atoms with E-state index in [9.17, 15) is 14.4 Å². The number of aromatic nitrogens is 2. The Balaban J connectivity index is 1.83. The quantitative estimate of drug-likeness (QED) is 0.470. The fourth-order valence-corrected chi connectivity index (χ4v) is 3.54. The van der Waals surface area contributed by atoms with Gasteiger partial charge in [0.2, 0.25) is 0 Å². The number of hydrogen-bond donors (Lipinski definition) is 2. The van der Waals surface area contributed by atoms with Gasteiger partial charge in [0.05, 0.1) is 16.9 Å². The number of rotatable bonds is 5. The Hall–Kier alpha value is -4.46. The van der Waals surface area contributed by atoms with E-state index in [0.717, 1.165) is 6.29 Å². The lowest BCUT2D eigenvalue weighted by Crippen LogP contribution is -2.34. The van der Waals surface area contributed by atoms with Crippen LogP contribution in [0.15, 0.2) is 88.3 Å². The molecule has 8 nitrogen and oxygen atoms in total. The lowest BCUT2D eigenvalue weighted by molar-refractivity contribution is -0.116. The number of amidine groups is 1. The van der Waals surface area contributed by atoms with E-state index < -0.39 is 11.9 Å². The van der Waals surface area contributed by atoms with Crippen molar-refractivity contribution in [2.75, 3.05) is 5.01 Å². The number of carbonyl (C=O) groups excluding carboxylic acids is 2. The van der Waals surface area contributed by atoms with Crippen LogP contribution in [0.4, 0.5) is 5.69 Å². The molecule has 1 aliphatic heterocycles. The number of aldehydes is 1. The Bertz CT molecular complexity index is 1330. The van der Waals surface area contributed by atoms with Crippen LogP contribution in [0.5, 0.6) is 0 Å². The maximum Gasteiger partial charge on any atom is 0.278 e. The van der Waals surface area contributed by atoms with Crippen molar-refractivity contribution in [2.45, 2.75) is 19.9 Å². The minimum atomic E-state index is -0.827. The third-order valence-electron chi connectivity index (χ3n) is 5.26. The van der Waals surface area contributed by atoms with Crippen LogP contribution in [-0.2, 0) is 9.59 Å². The molecule has 4 rings (SSSR count). The van der Waals surface area contributed by atoms with Gasteiger partial charge in [-0.2, -0.15) is 5.10 Å². The fourth-order valence-electron chi connectivity index (χ4n) is 3.54. The Morgan fingerprint density at radius 3 is 2.27 bits per heavy atom. The molecule has 33 heavy (non-hydrogen) atoms. The van der Waals surface area contributed by atoms with Crippen LogP contribution in [0.25, 0.3) is 11.8 Å². The second kappa shape index (κ2) is 8.96. The Morgan fingerprint density at radius 2 is 1.70 bits per heavy atom. The number of amides is 1. The number of benzene rings is 2. The van der Waals surface area contributed by atoms with E-state index >= 15 is 0 Å². The monoisotopic (exact) mass is 441 g/mol. The molecule has 1 atom stereocenters. The van der Waals surface area contributed by atoms with E-state index in [1.165, 1.54) is 9.69 Å². The molecule has 1 unspecified atom stereocenters. The molecule has 0 fully saturated rings. The number of aromatic amines is 1. The summed E-state index contributed by atoms with van der Waals surface area (Å²) in [5.41, 5.74) is 2.76. The van der Waals surface area contributed by atoms with E-state index in [4.69, 9.17) is 0 Å². The van der Waals surface area contributed by atoms with E-state index in [1.54, 1.807) is 19.9 Å². The van der Waals surface area contributed by atoms with Gasteiger partial charge in [0, 0.05) is 16.8 Å². The van der Waals surface area contributed by atoms with Crippen molar-refractivity contribution in [3.8, 4) is 5.69 Å². The largest absolute Gasteiger partial charge is 0.305 e. The van der Waals surface area contributed by atoms with E-state index in [0.29, 0.717) is 33.8 Å². The van der Waals surface area contributed by atoms with E-state index in [-0.39, 0.29) is 11.4 Å². The number of H-pyrrole nitrogens is 1. The third kappa shape index (κ3) is 4.18. The Labute approximate surface area is 190 Å². The summed E-state index contributed by atoms with van der Waals surface area (Å²) in [6.07, 6.45) is 2.34. The summed E-state index contributed by atoms with van der Waals surface area (Å²) in [5.74, 6) is -0.234. The Morgan fingerprint density at radius 1 is 1.09 bits per heavy atom. The summed E-state index contributed by atoms with van der Waals surface area (Å²) < 4.78 is 1.44. The van der Waals surface area contributed by atoms with Crippen molar-refractivity contribution < 1.29 is 9.59 Å². The van der Waals surface area contributed by atoms with Gasteiger partial charge in [0.15, 0.2) is 5.84 Å². The van der Waals surface area contributed by atoms with Crippen LogP contribution in [0.3, 0.4) is 0 Å². The summed E-state index contributed by atoms with van der Waals surface area (Å²) in [5, 5.41) is 11.8. The van der Waals surface area contributed by atoms with Crippen LogP contribution in [0.1, 0.15) is 18.2 Å². The fraction of sp³-hybridized carbons (Fsp3) is 0.120. The number of carbonyl (C=O) groups is 2. The highest BCUT2D eigenvalue weighted by atomic mass is 16.2. The number of hydrogen-bond acceptors (Lipinski definition) is 5. The van der Waals surface area contributed by atoms with Crippen molar-refractivity contribution in [1.29, 1.82) is 0 Å². The molecule has 1 aliphatic rings. The van der Waals surface area contributed by atoms with Gasteiger partial charge in [-0.1, -0.05) is 43.0 Å². The van der Waals surface area contributed by atoms with Gasteiger partial charge in [0.1, 0.15) is 12.3 Å². The summed E-state index contributed by atoms with van der Waals surface area (Å²) in [4.78, 5) is 37.7. The number of nitrogens with one attached hydrogen (secondary N) is 2. The molecule has 2 aromatic carbocycles. The summed E-state index contributed by atoms with van der Waals surface area (Å²) in [6, 6.07) is 17.5. The van der Waals surface area contributed by atoms with Crippen LogP contribution in [0.2, 0.25) is 0 Å². The minimum Gasteiger partial charge on any atom is -0.305 e. The molecule has 0 bridgehead atoms. The van der Waals surface area contributed by atoms with Crippen LogP contribution >= 0.6 is 0 Å². The van der Waals surface area contributed by atoms with Gasteiger partial charge in [0.25, 0.3) is 11.5 Å². The number of nitrogens with zero attached hydrogens (tertiary/aromatic N) is 3. The first-order valence-electron chi connectivity index (χ1n) is 10.3. The molecule has 166 valence electrons. The highest BCUT2D eigenvalue weighted by Gasteiger charge is 2.34. The average molecular weight is 441 g/mol. The smallest absolute Gasteiger partial charge is 0.278 e. The summed E-state index contributed by atoms with van der Waals surface area (Å²) >= 11 is 0. The molecule has 1 aromatic heterocycles. The van der Waals surface area contributed by atoms with Crippen molar-refractivity contribution >= 4 is 29.8 Å². The number of anilines is 1. The molecule has 0 saturated heterocycles. The van der Waals surface area contributed by atoms with Gasteiger partial charge in [-0.15, -0.1) is 0 Å². The first-order valence-corrected chi connectivity index (χ1v) is 10.3. The van der Waals surface area contributed by atoms with E-state index in [1.807, 2.05) is 60.7 Å². The molecule has 8 heteroatoms. The van der Waals surface area contributed by atoms with Crippen LogP contribution < -0.4 is 15.9 Å². The van der Waals surface area contributed by atoms with Gasteiger partial charge < -0.3 is 10.1 Å². The third-order valence-corrected chi connectivity index (χ3v) is 5.26. The van der Waals surface area contributed by atoms with Crippen molar-refractivity contribution in [1.82, 2.24) is 15.1 Å². The van der Waals surface area contributed by atoms with Crippen molar-refractivity contribution in [2.24, 2.45) is 5.10 Å². The molecule has 2 heterocycles. The second-order valence-corrected chi connectivity index (χ2v) is 7.67. The zero-order valence-electron chi connectivity index (χ0n) is 18.3. The molecule has 0 spiro atoms. The van der Waals surface area contributed by atoms with Gasteiger partial charge >= 0.3 is 0 Å². The maximum absolute atomic E-state index is 13.2. The molecule has 0 saturated carbocycles. The standard InChI is InChI=1S/C25H23N5O3/c1-16(2)24(32)26-23-21(22(15-31)29(28-23)18-10-6-4-7-11-18)14-20-17(3)27-30(25(20)33)19-12-8-5-9-13-19/h4-15,22,27H,1H2,2-3H3,(H,26,28,32). The summed E-state index contributed by atoms with van der Waals surface area (Å²) in [6.45, 7) is 7.01. The first-order chi connectivity index (χ1) is 15.9. The zero-order chi connectivity index (χ0) is 23.5. The molecule has 0 aliphatic carbocycles. The van der Waals surface area contributed by atoms with Crippen molar-refractivity contribution in [3.63, 3.8) is 0 Å². The first kappa shape index (κ1) is 21.8. The van der Waals surface area contributed by atoms with Gasteiger partial charge in [-0.3, -0.25) is 14.7 Å². The van der Waals surface area contributed by atoms with Crippen LogP contribution in [-0.4, -0.2) is 33.9 Å². The predicted molar refractivity (Wildman–Crippen MR) is 128 cm³/mol. The zero-order valence-corrected chi connectivity index (χ0v) is 18.3. The number of hydrazone groups is 1. The van der Waals surface area contributed by atoms with Gasteiger partial charge in [-0.05, 0) is 44.2 Å². The lowest BCUT2D eigenvalue weighted by Gasteiger charge is -2.19. The normalized spacial score (nSPS) is 16.5. The average Bonchev–Trinajstić information content (AvgIpc) is 3.32. The highest BCUT2D eigenvalue weighted by molar-refractivity contribution is 6.18. The second-order valence-electron chi connectivity index (χ2n) is 7.67. The molecule has 2 N–H and O–H groups in total. The number of para-hydroxylation sites is 2. The molecule has 0 radical (unpaired) electrons. The van der Waals surface area contributed by atoms with Gasteiger partial charge in [-0.25, -0.2) is 9.69 Å². The maximum atomic E-state index is 13.2.